The van der Waals surface area contributed by atoms with E-state index in [1.807, 2.05) is 0 Å². The number of piperidine rings is 1. The van der Waals surface area contributed by atoms with E-state index in [1.54, 1.807) is 36.1 Å². The molecule has 0 bridgehead atoms. The van der Waals surface area contributed by atoms with E-state index in [0.717, 1.165) is 18.5 Å². The van der Waals surface area contributed by atoms with E-state index in [1.165, 1.54) is 0 Å². The highest BCUT2D eigenvalue weighted by molar-refractivity contribution is 7.91. The number of amides is 2. The Labute approximate surface area is 136 Å². The van der Waals surface area contributed by atoms with Crippen molar-refractivity contribution in [3.63, 3.8) is 0 Å². The largest absolute Gasteiger partial charge is 0.351 e. The van der Waals surface area contributed by atoms with Crippen LogP contribution in [0.1, 0.15) is 36.5 Å². The molecule has 1 aliphatic heterocycles. The van der Waals surface area contributed by atoms with Crippen molar-refractivity contribution in [3.8, 4) is 0 Å². The summed E-state index contributed by atoms with van der Waals surface area (Å²) in [6.07, 6.45) is 2.48. The molecule has 2 amide bonds. The molecule has 6 nitrogen and oxygen atoms in total. The Kier molecular flexibility index (Phi) is 5.76. The van der Waals surface area contributed by atoms with Crippen LogP contribution in [0.5, 0.6) is 0 Å². The van der Waals surface area contributed by atoms with Gasteiger partial charge in [-0.25, -0.2) is 8.42 Å². The predicted molar refractivity (Wildman–Crippen MR) is 89.3 cm³/mol. The van der Waals surface area contributed by atoms with Crippen molar-refractivity contribution in [1.29, 1.82) is 0 Å². The lowest BCUT2D eigenvalue weighted by molar-refractivity contribution is -0.119. The molecule has 2 rings (SSSR count). The molecular weight excluding hydrogens is 316 g/mol. The van der Waals surface area contributed by atoms with E-state index < -0.39 is 9.84 Å². The van der Waals surface area contributed by atoms with Crippen LogP contribution in [-0.2, 0) is 14.6 Å². The summed E-state index contributed by atoms with van der Waals surface area (Å²) < 4.78 is 22.8. The third-order valence-electron chi connectivity index (χ3n) is 3.90. The summed E-state index contributed by atoms with van der Waals surface area (Å²) in [5.74, 6) is -0.192. The molecular formula is C16H22N2O4S. The minimum absolute atomic E-state index is 0.0599. The second-order valence-corrected chi connectivity index (χ2v) is 8.01. The van der Waals surface area contributed by atoms with Gasteiger partial charge in [-0.2, -0.15) is 0 Å². The summed E-state index contributed by atoms with van der Waals surface area (Å²) in [5.41, 5.74) is 1.24. The average molecular weight is 338 g/mol. The molecule has 1 fully saturated rings. The molecule has 0 radical (unpaired) electrons. The molecule has 1 aliphatic rings. The van der Waals surface area contributed by atoms with Gasteiger partial charge in [0.05, 0.1) is 5.75 Å². The molecule has 7 heteroatoms. The van der Waals surface area contributed by atoms with Gasteiger partial charge in [0.2, 0.25) is 5.91 Å². The predicted octanol–water partition coefficient (Wildman–Crippen LogP) is 1.37. The van der Waals surface area contributed by atoms with E-state index in [-0.39, 0.29) is 29.9 Å². The zero-order chi connectivity index (χ0) is 16.9. The number of carbonyl (C=O) groups is 2. The van der Waals surface area contributed by atoms with Crippen LogP contribution in [-0.4, -0.2) is 44.8 Å². The fourth-order valence-electron chi connectivity index (χ4n) is 2.44. The van der Waals surface area contributed by atoms with Crippen LogP contribution in [0.15, 0.2) is 24.3 Å². The van der Waals surface area contributed by atoms with E-state index >= 15 is 0 Å². The van der Waals surface area contributed by atoms with Gasteiger partial charge in [0, 0.05) is 36.5 Å². The van der Waals surface area contributed by atoms with Crippen LogP contribution >= 0.6 is 0 Å². The first-order valence-corrected chi connectivity index (χ1v) is 9.64. The summed E-state index contributed by atoms with van der Waals surface area (Å²) in [6, 6.07) is 6.81. The van der Waals surface area contributed by atoms with Gasteiger partial charge in [-0.3, -0.25) is 9.59 Å². The Bertz CT molecular complexity index is 668. The van der Waals surface area contributed by atoms with Gasteiger partial charge in [0.25, 0.3) is 5.91 Å². The van der Waals surface area contributed by atoms with Gasteiger partial charge in [0.15, 0.2) is 9.84 Å². The fourth-order valence-corrected chi connectivity index (χ4v) is 3.14. The zero-order valence-electron chi connectivity index (χ0n) is 13.2. The highest BCUT2D eigenvalue weighted by Crippen LogP contribution is 2.21. The minimum atomic E-state index is -3.08. The van der Waals surface area contributed by atoms with Crippen molar-refractivity contribution < 1.29 is 18.0 Å². The van der Waals surface area contributed by atoms with Gasteiger partial charge in [-0.15, -0.1) is 0 Å². The Morgan fingerprint density at radius 3 is 2.52 bits per heavy atom. The van der Waals surface area contributed by atoms with E-state index in [2.05, 4.69) is 5.32 Å². The van der Waals surface area contributed by atoms with Gasteiger partial charge in [-0.05, 0) is 37.1 Å². The molecule has 1 saturated heterocycles. The van der Waals surface area contributed by atoms with Crippen molar-refractivity contribution >= 4 is 27.3 Å². The van der Waals surface area contributed by atoms with Crippen LogP contribution < -0.4 is 10.2 Å². The van der Waals surface area contributed by atoms with Gasteiger partial charge >= 0.3 is 0 Å². The number of benzene rings is 1. The van der Waals surface area contributed by atoms with Gasteiger partial charge < -0.3 is 10.2 Å². The Morgan fingerprint density at radius 2 is 1.91 bits per heavy atom. The maximum atomic E-state index is 12.0. The van der Waals surface area contributed by atoms with Crippen LogP contribution in [0.3, 0.4) is 0 Å². The second-order valence-electron chi connectivity index (χ2n) is 5.54. The number of nitrogens with one attached hydrogen (secondary N) is 1. The SMILES string of the molecule is CCS(=O)(=O)CCNC(=O)c1ccc(N2CCCCC2=O)cc1. The summed E-state index contributed by atoms with van der Waals surface area (Å²) in [6.45, 7) is 2.39. The molecule has 0 aromatic heterocycles. The summed E-state index contributed by atoms with van der Waals surface area (Å²) >= 11 is 0. The lowest BCUT2D eigenvalue weighted by Gasteiger charge is -2.26. The third kappa shape index (κ3) is 4.79. The number of anilines is 1. The fraction of sp³-hybridized carbons (Fsp3) is 0.500. The van der Waals surface area contributed by atoms with Gasteiger partial charge in [-0.1, -0.05) is 6.92 Å². The number of nitrogens with zero attached hydrogens (tertiary/aromatic N) is 1. The Hall–Kier alpha value is -1.89. The van der Waals surface area contributed by atoms with Crippen molar-refractivity contribution in [2.45, 2.75) is 26.2 Å². The third-order valence-corrected chi connectivity index (χ3v) is 5.61. The topological polar surface area (TPSA) is 83.6 Å². The second kappa shape index (κ2) is 7.59. The Balaban J connectivity index is 1.93. The quantitative estimate of drug-likeness (QED) is 0.849. The normalized spacial score (nSPS) is 15.5. The monoisotopic (exact) mass is 338 g/mol. The lowest BCUT2D eigenvalue weighted by Crippen LogP contribution is -2.35. The number of hydrogen-bond donors (Lipinski definition) is 1. The number of carbonyl (C=O) groups excluding carboxylic acids is 2. The van der Waals surface area contributed by atoms with Crippen molar-refractivity contribution in [2.75, 3.05) is 29.5 Å². The average Bonchev–Trinajstić information content (AvgIpc) is 2.55. The zero-order valence-corrected chi connectivity index (χ0v) is 14.1. The molecule has 1 heterocycles. The molecule has 1 aromatic rings. The molecule has 23 heavy (non-hydrogen) atoms. The molecule has 126 valence electrons. The molecule has 0 aliphatic carbocycles. The molecule has 1 N–H and O–H groups in total. The summed E-state index contributed by atoms with van der Waals surface area (Å²) in [7, 11) is -3.08. The van der Waals surface area contributed by atoms with Crippen LogP contribution in [0.25, 0.3) is 0 Å². The highest BCUT2D eigenvalue weighted by Gasteiger charge is 2.19. The van der Waals surface area contributed by atoms with Crippen molar-refractivity contribution in [1.82, 2.24) is 5.32 Å². The first-order valence-electron chi connectivity index (χ1n) is 7.82. The number of hydrogen-bond acceptors (Lipinski definition) is 4. The van der Waals surface area contributed by atoms with E-state index in [9.17, 15) is 18.0 Å². The maximum absolute atomic E-state index is 12.0. The molecule has 0 spiro atoms. The highest BCUT2D eigenvalue weighted by atomic mass is 32.2. The summed E-state index contributed by atoms with van der Waals surface area (Å²) in [5, 5.41) is 2.60. The van der Waals surface area contributed by atoms with Crippen LogP contribution in [0.2, 0.25) is 0 Å². The molecule has 0 saturated carbocycles. The van der Waals surface area contributed by atoms with Crippen LogP contribution in [0, 0.1) is 0 Å². The summed E-state index contributed by atoms with van der Waals surface area (Å²) in [4.78, 5) is 25.6. The first kappa shape index (κ1) is 17.5. The van der Waals surface area contributed by atoms with Crippen molar-refractivity contribution in [3.05, 3.63) is 29.8 Å². The first-order chi connectivity index (χ1) is 10.9. The maximum Gasteiger partial charge on any atom is 0.251 e. The standard InChI is InChI=1S/C16H22N2O4S/c1-2-23(21,22)12-10-17-16(20)13-6-8-14(9-7-13)18-11-4-3-5-15(18)19/h6-9H,2-5,10-12H2,1H3,(H,17,20). The number of sulfone groups is 1. The minimum Gasteiger partial charge on any atom is -0.351 e. The smallest absolute Gasteiger partial charge is 0.251 e. The van der Waals surface area contributed by atoms with Crippen LogP contribution in [0.4, 0.5) is 5.69 Å². The Morgan fingerprint density at radius 1 is 1.22 bits per heavy atom. The van der Waals surface area contributed by atoms with E-state index in [4.69, 9.17) is 0 Å². The molecule has 1 aromatic carbocycles. The lowest BCUT2D eigenvalue weighted by atomic mass is 10.1. The van der Waals surface area contributed by atoms with Gasteiger partial charge in [0.1, 0.15) is 0 Å². The van der Waals surface area contributed by atoms with Crippen molar-refractivity contribution in [2.24, 2.45) is 0 Å². The molecule has 0 atom stereocenters. The molecule has 0 unspecified atom stereocenters. The van der Waals surface area contributed by atoms with E-state index in [0.29, 0.717) is 18.5 Å². The number of rotatable bonds is 6.